The van der Waals surface area contributed by atoms with Crippen molar-refractivity contribution >= 4 is 33.5 Å². The molecule has 1 aliphatic carbocycles. The van der Waals surface area contributed by atoms with E-state index in [4.69, 9.17) is 0 Å². The van der Waals surface area contributed by atoms with Crippen molar-refractivity contribution in [1.29, 1.82) is 0 Å². The summed E-state index contributed by atoms with van der Waals surface area (Å²) >= 11 is 0. The van der Waals surface area contributed by atoms with Crippen LogP contribution in [0.4, 0.5) is 0 Å². The molecular formula is C24H23N3O2. The fraction of sp³-hybridized carbons (Fsp3) is 0.250. The molecule has 3 N–H and O–H groups in total. The average molecular weight is 385 g/mol. The summed E-state index contributed by atoms with van der Waals surface area (Å²) in [5, 5.41) is 4.83. The van der Waals surface area contributed by atoms with Crippen molar-refractivity contribution in [1.82, 2.24) is 15.3 Å². The highest BCUT2D eigenvalue weighted by Crippen LogP contribution is 2.29. The number of carbonyl (C=O) groups excluding carboxylic acids is 2. The SMILES string of the molecule is Cc1[nH]c2ccccc2c1C(=O)C(=O)NCc1ccc2[nH]c3c(c2c1)CCCC3. The minimum Gasteiger partial charge on any atom is -0.358 e. The zero-order valence-electron chi connectivity index (χ0n) is 16.4. The number of Topliss-reactive ketones (excluding diaryl/α,β-unsaturated/α-hetero) is 1. The molecule has 0 fully saturated rings. The number of aromatic nitrogens is 2. The summed E-state index contributed by atoms with van der Waals surface area (Å²) < 4.78 is 0. The van der Waals surface area contributed by atoms with Crippen molar-refractivity contribution in [2.45, 2.75) is 39.2 Å². The van der Waals surface area contributed by atoms with Crippen molar-refractivity contribution in [2.75, 3.05) is 0 Å². The van der Waals surface area contributed by atoms with Gasteiger partial charge in [-0.2, -0.15) is 0 Å². The van der Waals surface area contributed by atoms with Crippen LogP contribution in [0.3, 0.4) is 0 Å². The first-order valence-electron chi connectivity index (χ1n) is 10.1. The van der Waals surface area contributed by atoms with Gasteiger partial charge in [0.25, 0.3) is 11.7 Å². The quantitative estimate of drug-likeness (QED) is 0.361. The van der Waals surface area contributed by atoms with Crippen LogP contribution in [-0.4, -0.2) is 21.7 Å². The van der Waals surface area contributed by atoms with Gasteiger partial charge in [-0.05, 0) is 61.9 Å². The number of fused-ring (bicyclic) bond motifs is 4. The van der Waals surface area contributed by atoms with Crippen LogP contribution in [0.15, 0.2) is 42.5 Å². The number of ketones is 1. The van der Waals surface area contributed by atoms with Crippen molar-refractivity contribution in [3.8, 4) is 0 Å². The number of H-pyrrole nitrogens is 2. The maximum Gasteiger partial charge on any atom is 0.292 e. The Labute approximate surface area is 168 Å². The third-order valence-electron chi connectivity index (χ3n) is 5.94. The summed E-state index contributed by atoms with van der Waals surface area (Å²) in [7, 11) is 0. The van der Waals surface area contributed by atoms with Gasteiger partial charge in [0.1, 0.15) is 0 Å². The standard InChI is InChI=1S/C24H23N3O2/c1-14-22(17-7-3-5-9-20(17)26-14)23(28)24(29)25-13-15-10-11-21-18(12-15)16-6-2-4-8-19(16)27-21/h3,5,7,9-12,26-27H,2,4,6,8,13H2,1H3,(H,25,29). The second-order valence-corrected chi connectivity index (χ2v) is 7.85. The fourth-order valence-corrected chi connectivity index (χ4v) is 4.51. The minimum atomic E-state index is -0.575. The lowest BCUT2D eigenvalue weighted by atomic mass is 9.95. The number of amides is 1. The molecule has 0 unspecified atom stereocenters. The Kier molecular flexibility index (Phi) is 4.23. The number of hydrogen-bond acceptors (Lipinski definition) is 2. The Morgan fingerprint density at radius 2 is 1.76 bits per heavy atom. The first-order chi connectivity index (χ1) is 14.1. The summed E-state index contributed by atoms with van der Waals surface area (Å²) in [5.41, 5.74) is 6.94. The van der Waals surface area contributed by atoms with Crippen LogP contribution in [0, 0.1) is 6.92 Å². The zero-order chi connectivity index (χ0) is 20.0. The summed E-state index contributed by atoms with van der Waals surface area (Å²) in [5.74, 6) is -1.07. The van der Waals surface area contributed by atoms with E-state index in [2.05, 4.69) is 27.4 Å². The van der Waals surface area contributed by atoms with Crippen molar-refractivity contribution in [3.05, 3.63) is 70.5 Å². The van der Waals surface area contributed by atoms with Gasteiger partial charge in [-0.1, -0.05) is 24.3 Å². The third kappa shape index (κ3) is 3.03. The summed E-state index contributed by atoms with van der Waals surface area (Å²) in [6.07, 6.45) is 4.66. The summed E-state index contributed by atoms with van der Waals surface area (Å²) in [4.78, 5) is 32.1. The van der Waals surface area contributed by atoms with E-state index in [0.29, 0.717) is 17.8 Å². The molecule has 2 aromatic carbocycles. The molecule has 0 spiro atoms. The molecule has 1 aliphatic rings. The summed E-state index contributed by atoms with van der Waals surface area (Å²) in [6, 6.07) is 13.8. The van der Waals surface area contributed by atoms with Gasteiger partial charge < -0.3 is 15.3 Å². The highest BCUT2D eigenvalue weighted by Gasteiger charge is 2.22. The molecule has 146 valence electrons. The largest absolute Gasteiger partial charge is 0.358 e. The molecule has 0 aliphatic heterocycles. The molecule has 4 aromatic rings. The second-order valence-electron chi connectivity index (χ2n) is 7.85. The van der Waals surface area contributed by atoms with E-state index < -0.39 is 11.7 Å². The van der Waals surface area contributed by atoms with Gasteiger partial charge >= 0.3 is 0 Å². The van der Waals surface area contributed by atoms with Gasteiger partial charge in [0.15, 0.2) is 0 Å². The fourth-order valence-electron chi connectivity index (χ4n) is 4.51. The number of para-hydroxylation sites is 1. The van der Waals surface area contributed by atoms with Crippen LogP contribution >= 0.6 is 0 Å². The molecule has 0 saturated heterocycles. The molecule has 1 amide bonds. The summed E-state index contributed by atoms with van der Waals surface area (Å²) in [6.45, 7) is 2.16. The van der Waals surface area contributed by atoms with E-state index in [1.54, 1.807) is 0 Å². The lowest BCUT2D eigenvalue weighted by Crippen LogP contribution is -2.30. The first-order valence-corrected chi connectivity index (χ1v) is 10.1. The molecule has 0 bridgehead atoms. The Morgan fingerprint density at radius 1 is 0.966 bits per heavy atom. The Balaban J connectivity index is 1.36. The molecule has 29 heavy (non-hydrogen) atoms. The van der Waals surface area contributed by atoms with E-state index in [0.717, 1.165) is 34.8 Å². The number of hydrogen-bond donors (Lipinski definition) is 3. The third-order valence-corrected chi connectivity index (χ3v) is 5.94. The van der Waals surface area contributed by atoms with E-state index in [-0.39, 0.29) is 0 Å². The topological polar surface area (TPSA) is 77.8 Å². The lowest BCUT2D eigenvalue weighted by Gasteiger charge is -2.10. The van der Waals surface area contributed by atoms with Gasteiger partial charge in [0.05, 0.1) is 5.56 Å². The maximum atomic E-state index is 12.8. The lowest BCUT2D eigenvalue weighted by molar-refractivity contribution is -0.117. The Bertz CT molecular complexity index is 1260. The van der Waals surface area contributed by atoms with E-state index in [1.165, 1.54) is 29.5 Å². The van der Waals surface area contributed by atoms with Crippen LogP contribution in [0.5, 0.6) is 0 Å². The highest BCUT2D eigenvalue weighted by molar-refractivity contribution is 6.45. The van der Waals surface area contributed by atoms with Crippen LogP contribution < -0.4 is 5.32 Å². The number of aryl methyl sites for hydroxylation is 3. The normalized spacial score (nSPS) is 13.6. The molecule has 5 nitrogen and oxygen atoms in total. The van der Waals surface area contributed by atoms with Gasteiger partial charge in [-0.25, -0.2) is 0 Å². The minimum absolute atomic E-state index is 0.335. The maximum absolute atomic E-state index is 12.8. The highest BCUT2D eigenvalue weighted by atomic mass is 16.2. The molecule has 0 atom stereocenters. The molecule has 2 aromatic heterocycles. The zero-order valence-corrected chi connectivity index (χ0v) is 16.4. The van der Waals surface area contributed by atoms with Gasteiger partial charge in [0, 0.05) is 39.7 Å². The van der Waals surface area contributed by atoms with Crippen LogP contribution in [0.25, 0.3) is 21.8 Å². The molecule has 5 rings (SSSR count). The predicted molar refractivity (Wildman–Crippen MR) is 114 cm³/mol. The average Bonchev–Trinajstić information content (AvgIpc) is 3.27. The monoisotopic (exact) mass is 385 g/mol. The number of aromatic amines is 2. The number of carbonyl (C=O) groups is 2. The second kappa shape index (κ2) is 6.92. The van der Waals surface area contributed by atoms with Gasteiger partial charge in [0.2, 0.25) is 0 Å². The molecule has 0 saturated carbocycles. The first kappa shape index (κ1) is 17.7. The number of nitrogens with one attached hydrogen (secondary N) is 3. The van der Waals surface area contributed by atoms with Crippen LogP contribution in [-0.2, 0) is 24.2 Å². The smallest absolute Gasteiger partial charge is 0.292 e. The van der Waals surface area contributed by atoms with Crippen molar-refractivity contribution < 1.29 is 9.59 Å². The van der Waals surface area contributed by atoms with Crippen molar-refractivity contribution in [3.63, 3.8) is 0 Å². The Morgan fingerprint density at radius 3 is 2.66 bits per heavy atom. The molecule has 5 heteroatoms. The number of rotatable bonds is 4. The van der Waals surface area contributed by atoms with E-state index >= 15 is 0 Å². The predicted octanol–water partition coefficient (Wildman–Crippen LogP) is 4.34. The van der Waals surface area contributed by atoms with Crippen molar-refractivity contribution in [2.24, 2.45) is 0 Å². The van der Waals surface area contributed by atoms with Crippen LogP contribution in [0.1, 0.15) is 45.7 Å². The van der Waals surface area contributed by atoms with Crippen LogP contribution in [0.2, 0.25) is 0 Å². The molecule has 0 radical (unpaired) electrons. The van der Waals surface area contributed by atoms with Gasteiger partial charge in [-0.15, -0.1) is 0 Å². The van der Waals surface area contributed by atoms with E-state index in [9.17, 15) is 9.59 Å². The van der Waals surface area contributed by atoms with Gasteiger partial charge in [-0.3, -0.25) is 9.59 Å². The number of benzene rings is 2. The molecular weight excluding hydrogens is 362 g/mol. The van der Waals surface area contributed by atoms with E-state index in [1.807, 2.05) is 37.3 Å². The Hall–Kier alpha value is -3.34. The molecule has 2 heterocycles.